The summed E-state index contributed by atoms with van der Waals surface area (Å²) in [5.41, 5.74) is 0. The average Bonchev–Trinajstić information content (AvgIpc) is 2.49. The van der Waals surface area contributed by atoms with E-state index in [1.807, 2.05) is 19.1 Å². The first-order valence-electron chi connectivity index (χ1n) is 8.61. The molecule has 22 heavy (non-hydrogen) atoms. The number of hydrogen-bond donors (Lipinski definition) is 1. The first-order chi connectivity index (χ1) is 10.6. The van der Waals surface area contributed by atoms with Crippen molar-refractivity contribution in [3.63, 3.8) is 0 Å². The fraction of sp³-hybridized carbons (Fsp3) is 0.778. The van der Waals surface area contributed by atoms with E-state index in [0.29, 0.717) is 25.9 Å². The molecule has 0 aromatic rings. The Kier molecular flexibility index (Phi) is 12.5. The predicted octanol–water partition coefficient (Wildman–Crippen LogP) is 4.58. The van der Waals surface area contributed by atoms with Gasteiger partial charge >= 0.3 is 11.9 Å². The second-order valence-electron chi connectivity index (χ2n) is 5.71. The number of carboxylic acids is 1. The predicted molar refractivity (Wildman–Crippen MR) is 88.7 cm³/mol. The third-order valence-electron chi connectivity index (χ3n) is 3.79. The smallest absolute Gasteiger partial charge is 0.309 e. The summed E-state index contributed by atoms with van der Waals surface area (Å²) in [6.45, 7) is 6.38. The first kappa shape index (κ1) is 20.7. The number of ether oxygens (including phenoxy) is 1. The summed E-state index contributed by atoms with van der Waals surface area (Å²) in [5.74, 6) is -1.28. The molecule has 0 saturated heterocycles. The number of unbranched alkanes of at least 4 members (excludes halogenated alkanes) is 2. The van der Waals surface area contributed by atoms with Gasteiger partial charge in [-0.15, -0.1) is 0 Å². The maximum atomic E-state index is 11.9. The van der Waals surface area contributed by atoms with Crippen molar-refractivity contribution >= 4 is 11.9 Å². The molecule has 0 radical (unpaired) electrons. The van der Waals surface area contributed by atoms with Crippen LogP contribution in [-0.4, -0.2) is 23.7 Å². The second kappa shape index (κ2) is 13.4. The Bertz CT molecular complexity index is 336. The van der Waals surface area contributed by atoms with Gasteiger partial charge in [0.05, 0.1) is 18.4 Å². The molecule has 0 aromatic carbocycles. The van der Waals surface area contributed by atoms with E-state index >= 15 is 0 Å². The van der Waals surface area contributed by atoms with Gasteiger partial charge in [0.2, 0.25) is 0 Å². The molecule has 2 atom stereocenters. The minimum atomic E-state index is -0.731. The summed E-state index contributed by atoms with van der Waals surface area (Å²) in [7, 11) is 0. The number of aliphatic carboxylic acids is 1. The Hall–Kier alpha value is -1.32. The van der Waals surface area contributed by atoms with Crippen LogP contribution in [0.1, 0.15) is 72.1 Å². The van der Waals surface area contributed by atoms with E-state index in [0.717, 1.165) is 32.1 Å². The molecule has 2 unspecified atom stereocenters. The molecule has 0 aliphatic heterocycles. The quantitative estimate of drug-likeness (QED) is 0.399. The van der Waals surface area contributed by atoms with Gasteiger partial charge in [-0.2, -0.15) is 0 Å². The zero-order valence-electron chi connectivity index (χ0n) is 14.3. The van der Waals surface area contributed by atoms with Gasteiger partial charge in [-0.3, -0.25) is 9.59 Å². The van der Waals surface area contributed by atoms with Crippen LogP contribution in [0.2, 0.25) is 0 Å². The molecule has 0 aliphatic carbocycles. The van der Waals surface area contributed by atoms with E-state index in [9.17, 15) is 14.7 Å². The third-order valence-corrected chi connectivity index (χ3v) is 3.79. The van der Waals surface area contributed by atoms with E-state index in [-0.39, 0.29) is 17.8 Å². The summed E-state index contributed by atoms with van der Waals surface area (Å²) in [5, 5.41) is 9.17. The number of rotatable bonds is 13. The van der Waals surface area contributed by atoms with E-state index in [1.54, 1.807) is 0 Å². The molecule has 0 amide bonds. The Balaban J connectivity index is 4.35. The van der Waals surface area contributed by atoms with Crippen LogP contribution >= 0.6 is 0 Å². The molecule has 4 nitrogen and oxygen atoms in total. The lowest BCUT2D eigenvalue weighted by atomic mass is 9.96. The summed E-state index contributed by atoms with van der Waals surface area (Å²) >= 11 is 0. The highest BCUT2D eigenvalue weighted by Crippen LogP contribution is 2.18. The maximum Gasteiger partial charge on any atom is 0.309 e. The van der Waals surface area contributed by atoms with Gasteiger partial charge < -0.3 is 9.84 Å². The van der Waals surface area contributed by atoms with Crippen molar-refractivity contribution in [1.29, 1.82) is 0 Å². The van der Waals surface area contributed by atoms with Crippen LogP contribution in [-0.2, 0) is 14.3 Å². The molecule has 0 fully saturated rings. The third kappa shape index (κ3) is 9.59. The van der Waals surface area contributed by atoms with Crippen LogP contribution in [0.5, 0.6) is 0 Å². The molecule has 0 bridgehead atoms. The second-order valence-corrected chi connectivity index (χ2v) is 5.71. The van der Waals surface area contributed by atoms with Crippen molar-refractivity contribution < 1.29 is 19.4 Å². The number of esters is 1. The molecular weight excluding hydrogens is 280 g/mol. The highest BCUT2D eigenvalue weighted by Gasteiger charge is 2.18. The van der Waals surface area contributed by atoms with Crippen molar-refractivity contribution in [2.24, 2.45) is 11.8 Å². The SMILES string of the molecule is CCCCC(CC=CCC(CCCC)C(=O)OCC)C(=O)O. The average molecular weight is 312 g/mol. The summed E-state index contributed by atoms with van der Waals surface area (Å²) in [4.78, 5) is 23.0. The number of carboxylic acid groups (broad SMARTS) is 1. The Morgan fingerprint density at radius 3 is 1.91 bits per heavy atom. The standard InChI is InChI=1S/C18H32O4/c1-4-7-11-15(17(19)20)13-9-10-14-16(12-8-5-2)18(21)22-6-3/h9-10,15-16H,4-8,11-14H2,1-3H3,(H,19,20). The summed E-state index contributed by atoms with van der Waals surface area (Å²) < 4.78 is 5.10. The van der Waals surface area contributed by atoms with Crippen molar-refractivity contribution in [2.75, 3.05) is 6.61 Å². The summed E-state index contributed by atoms with van der Waals surface area (Å²) in [6.07, 6.45) is 10.6. The number of hydrogen-bond acceptors (Lipinski definition) is 3. The van der Waals surface area contributed by atoms with Gasteiger partial charge in [0, 0.05) is 0 Å². The molecule has 0 saturated carbocycles. The van der Waals surface area contributed by atoms with Gasteiger partial charge in [0.15, 0.2) is 0 Å². The van der Waals surface area contributed by atoms with E-state index in [1.165, 1.54) is 0 Å². The number of allylic oxidation sites excluding steroid dienone is 2. The van der Waals surface area contributed by atoms with Gasteiger partial charge in [-0.1, -0.05) is 51.7 Å². The molecule has 1 N–H and O–H groups in total. The van der Waals surface area contributed by atoms with Crippen molar-refractivity contribution in [3.8, 4) is 0 Å². The number of carbonyl (C=O) groups excluding carboxylic acids is 1. The molecule has 0 spiro atoms. The minimum absolute atomic E-state index is 0.102. The highest BCUT2D eigenvalue weighted by molar-refractivity contribution is 5.72. The van der Waals surface area contributed by atoms with E-state index < -0.39 is 5.97 Å². The molecule has 0 rings (SSSR count). The van der Waals surface area contributed by atoms with Crippen molar-refractivity contribution in [2.45, 2.75) is 72.1 Å². The van der Waals surface area contributed by atoms with Crippen LogP contribution in [0.15, 0.2) is 12.2 Å². The zero-order chi connectivity index (χ0) is 16.8. The van der Waals surface area contributed by atoms with Gasteiger partial charge in [0.1, 0.15) is 0 Å². The van der Waals surface area contributed by atoms with Crippen LogP contribution < -0.4 is 0 Å². The Labute approximate surface area is 134 Å². The van der Waals surface area contributed by atoms with Crippen LogP contribution in [0, 0.1) is 11.8 Å². The Morgan fingerprint density at radius 1 is 0.955 bits per heavy atom. The number of carbonyl (C=O) groups is 2. The fourth-order valence-electron chi connectivity index (χ4n) is 2.36. The van der Waals surface area contributed by atoms with Gasteiger partial charge in [-0.05, 0) is 32.6 Å². The van der Waals surface area contributed by atoms with Crippen molar-refractivity contribution in [3.05, 3.63) is 12.2 Å². The van der Waals surface area contributed by atoms with Crippen molar-refractivity contribution in [1.82, 2.24) is 0 Å². The molecule has 0 aliphatic rings. The molecular formula is C18H32O4. The lowest BCUT2D eigenvalue weighted by molar-refractivity contribution is -0.148. The van der Waals surface area contributed by atoms with Crippen LogP contribution in [0.3, 0.4) is 0 Å². The lowest BCUT2D eigenvalue weighted by Crippen LogP contribution is -2.17. The van der Waals surface area contributed by atoms with Gasteiger partial charge in [-0.25, -0.2) is 0 Å². The molecule has 0 heterocycles. The zero-order valence-corrected chi connectivity index (χ0v) is 14.3. The van der Waals surface area contributed by atoms with E-state index in [4.69, 9.17) is 4.74 Å². The topological polar surface area (TPSA) is 63.6 Å². The summed E-state index contributed by atoms with van der Waals surface area (Å²) in [6, 6.07) is 0. The minimum Gasteiger partial charge on any atom is -0.481 e. The van der Waals surface area contributed by atoms with Crippen LogP contribution in [0.25, 0.3) is 0 Å². The molecule has 128 valence electrons. The largest absolute Gasteiger partial charge is 0.481 e. The maximum absolute atomic E-state index is 11.9. The van der Waals surface area contributed by atoms with Crippen LogP contribution in [0.4, 0.5) is 0 Å². The highest BCUT2D eigenvalue weighted by atomic mass is 16.5. The normalized spacial score (nSPS) is 14.0. The monoisotopic (exact) mass is 312 g/mol. The molecule has 4 heteroatoms. The lowest BCUT2D eigenvalue weighted by Gasteiger charge is -2.13. The first-order valence-corrected chi connectivity index (χ1v) is 8.61. The molecule has 0 aromatic heterocycles. The Morgan fingerprint density at radius 2 is 1.45 bits per heavy atom. The van der Waals surface area contributed by atoms with E-state index in [2.05, 4.69) is 13.8 Å². The fourth-order valence-corrected chi connectivity index (χ4v) is 2.36. The van der Waals surface area contributed by atoms with Gasteiger partial charge in [0.25, 0.3) is 0 Å².